The number of nitrogens with zero attached hydrogens (tertiary/aromatic N) is 1. The Morgan fingerprint density at radius 1 is 1.05 bits per heavy atom. The van der Waals surface area contributed by atoms with Crippen LogP contribution in [-0.4, -0.2) is 62.1 Å². The summed E-state index contributed by atoms with van der Waals surface area (Å²) in [5.74, 6) is -1.75. The average Bonchev–Trinajstić information content (AvgIpc) is 3.48. The van der Waals surface area contributed by atoms with Gasteiger partial charge in [-0.3, -0.25) is 14.5 Å². The molecule has 3 aromatic rings. The second-order valence-electron chi connectivity index (χ2n) is 9.07. The molecule has 9 nitrogen and oxygen atoms in total. The van der Waals surface area contributed by atoms with Gasteiger partial charge in [-0.1, -0.05) is 66.7 Å². The molecule has 2 aliphatic heterocycles. The fourth-order valence-electron chi connectivity index (χ4n) is 4.79. The maximum atomic E-state index is 13.8. The number of β-lactam (4-membered cyclic amide) rings is 1. The van der Waals surface area contributed by atoms with Crippen LogP contribution in [0.2, 0.25) is 0 Å². The topological polar surface area (TPSA) is 103 Å². The zero-order valence-corrected chi connectivity index (χ0v) is 22.3. The van der Waals surface area contributed by atoms with Crippen LogP contribution in [0.5, 0.6) is 0 Å². The summed E-state index contributed by atoms with van der Waals surface area (Å²) in [6.07, 6.45) is -1.69. The highest BCUT2D eigenvalue weighted by Crippen LogP contribution is 2.41. The largest absolute Gasteiger partial charge is 0.448 e. The molecule has 0 bridgehead atoms. The first-order chi connectivity index (χ1) is 19.0. The van der Waals surface area contributed by atoms with Gasteiger partial charge in [-0.2, -0.15) is 0 Å². The Morgan fingerprint density at radius 2 is 1.72 bits per heavy atom. The molecule has 0 saturated carbocycles. The minimum atomic E-state index is -1.77. The molecule has 0 spiro atoms. The third-order valence-electron chi connectivity index (χ3n) is 6.61. The Morgan fingerprint density at radius 3 is 2.28 bits per heavy atom. The van der Waals surface area contributed by atoms with Crippen LogP contribution in [0.25, 0.3) is 0 Å². The van der Waals surface area contributed by atoms with Crippen LogP contribution in [0.3, 0.4) is 0 Å². The van der Waals surface area contributed by atoms with Gasteiger partial charge in [0.1, 0.15) is 5.70 Å². The molecule has 3 heterocycles. The Hall–Kier alpha value is -3.83. The van der Waals surface area contributed by atoms with Crippen molar-refractivity contribution in [2.24, 2.45) is 0 Å². The van der Waals surface area contributed by atoms with Gasteiger partial charge in [0.05, 0.1) is 19.6 Å². The zero-order chi connectivity index (χ0) is 27.4. The van der Waals surface area contributed by atoms with Gasteiger partial charge >= 0.3 is 5.97 Å². The van der Waals surface area contributed by atoms with Crippen molar-refractivity contribution in [1.29, 1.82) is 0 Å². The van der Waals surface area contributed by atoms with Gasteiger partial charge in [0, 0.05) is 24.7 Å². The molecule has 2 aliphatic rings. The maximum absolute atomic E-state index is 13.8. The van der Waals surface area contributed by atoms with Gasteiger partial charge in [-0.25, -0.2) is 4.79 Å². The number of hydrogen-bond acceptors (Lipinski definition) is 8. The number of esters is 1. The van der Waals surface area contributed by atoms with E-state index in [1.54, 1.807) is 0 Å². The molecule has 1 saturated heterocycles. The Bertz CT molecular complexity index is 1320. The molecule has 5 rings (SSSR count). The number of methoxy groups -OCH3 is 2. The standard InChI is InChI=1S/C29H28N2O7S/c1-35-17-21-18-37-28-29(36-2,30-23(32)16-22-14-9-15-39-22)27(34)31(28)24(21)26(33)38-25(19-10-5-3-6-11-19)20-12-7-4-8-13-20/h3-15,25,28H,16-18H2,1-2H3,(H,30,32)/t28-,29+/m1/s1. The van der Waals surface area contributed by atoms with Crippen LogP contribution >= 0.6 is 11.3 Å². The van der Waals surface area contributed by atoms with Crippen LogP contribution in [0.1, 0.15) is 22.1 Å². The first kappa shape index (κ1) is 26.8. The van der Waals surface area contributed by atoms with Crippen LogP contribution in [0.15, 0.2) is 89.4 Å². The lowest BCUT2D eigenvalue weighted by Gasteiger charge is -2.55. The number of amides is 2. The Kier molecular flexibility index (Phi) is 7.89. The van der Waals surface area contributed by atoms with Crippen molar-refractivity contribution in [3.63, 3.8) is 0 Å². The number of fused-ring (bicyclic) bond motifs is 1. The molecule has 0 radical (unpaired) electrons. The molecular weight excluding hydrogens is 520 g/mol. The van der Waals surface area contributed by atoms with E-state index in [4.69, 9.17) is 18.9 Å². The summed E-state index contributed by atoms with van der Waals surface area (Å²) in [6, 6.07) is 22.4. The summed E-state index contributed by atoms with van der Waals surface area (Å²) in [7, 11) is 2.80. The molecule has 2 amide bonds. The van der Waals surface area contributed by atoms with Crippen LogP contribution in [0.4, 0.5) is 0 Å². The third-order valence-corrected chi connectivity index (χ3v) is 7.49. The summed E-state index contributed by atoms with van der Waals surface area (Å²) in [4.78, 5) is 42.2. The second kappa shape index (κ2) is 11.5. The smallest absolute Gasteiger partial charge is 0.356 e. The van der Waals surface area contributed by atoms with Crippen molar-refractivity contribution in [2.75, 3.05) is 27.4 Å². The zero-order valence-electron chi connectivity index (χ0n) is 21.5. The van der Waals surface area contributed by atoms with Crippen LogP contribution < -0.4 is 5.32 Å². The van der Waals surface area contributed by atoms with Gasteiger partial charge < -0.3 is 24.3 Å². The van der Waals surface area contributed by atoms with E-state index >= 15 is 0 Å². The molecule has 10 heteroatoms. The van der Waals surface area contributed by atoms with Gasteiger partial charge in [-0.15, -0.1) is 11.3 Å². The highest BCUT2D eigenvalue weighted by atomic mass is 32.1. The monoisotopic (exact) mass is 548 g/mol. The van der Waals surface area contributed by atoms with E-state index in [9.17, 15) is 14.4 Å². The van der Waals surface area contributed by atoms with Gasteiger partial charge in [0.25, 0.3) is 11.6 Å². The number of benzene rings is 2. The lowest BCUT2D eigenvalue weighted by Crippen LogP contribution is -2.82. The second-order valence-corrected chi connectivity index (χ2v) is 10.1. The Balaban J connectivity index is 1.43. The predicted molar refractivity (Wildman–Crippen MR) is 142 cm³/mol. The molecule has 2 aromatic carbocycles. The average molecular weight is 549 g/mol. The van der Waals surface area contributed by atoms with E-state index in [1.165, 1.54) is 30.5 Å². The van der Waals surface area contributed by atoms with Gasteiger partial charge in [-0.05, 0) is 22.6 Å². The summed E-state index contributed by atoms with van der Waals surface area (Å²) >= 11 is 1.44. The lowest BCUT2D eigenvalue weighted by molar-refractivity contribution is -0.259. The maximum Gasteiger partial charge on any atom is 0.356 e. The molecular formula is C29H28N2O7S. The van der Waals surface area contributed by atoms with Crippen molar-refractivity contribution in [2.45, 2.75) is 24.5 Å². The number of hydrogen-bond donors (Lipinski definition) is 1. The van der Waals surface area contributed by atoms with Crippen molar-refractivity contribution in [1.82, 2.24) is 10.2 Å². The number of carbonyl (C=O) groups excluding carboxylic acids is 3. The molecule has 202 valence electrons. The quantitative estimate of drug-likeness (QED) is 0.236. The van der Waals surface area contributed by atoms with Crippen molar-refractivity contribution < 1.29 is 33.3 Å². The van der Waals surface area contributed by atoms with E-state index in [0.29, 0.717) is 5.57 Å². The molecule has 1 fully saturated rings. The molecule has 1 N–H and O–H groups in total. The number of carbonyl (C=O) groups is 3. The van der Waals surface area contributed by atoms with Gasteiger partial charge in [0.15, 0.2) is 12.3 Å². The SMILES string of the molecule is COCC1=C(C(=O)OC(c2ccccc2)c2ccccc2)N2C(=O)[C@](NC(=O)Cc3cccs3)(OC)[C@H]2OC1. The lowest BCUT2D eigenvalue weighted by atomic mass is 9.94. The first-order valence-corrected chi connectivity index (χ1v) is 13.2. The van der Waals surface area contributed by atoms with E-state index in [-0.39, 0.29) is 25.3 Å². The fraction of sp³-hybridized carbons (Fsp3) is 0.276. The number of thiophene rings is 1. The summed E-state index contributed by atoms with van der Waals surface area (Å²) in [5.41, 5.74) is 0.251. The Labute approximate surface area is 229 Å². The summed E-state index contributed by atoms with van der Waals surface area (Å²) in [5, 5.41) is 4.56. The third kappa shape index (κ3) is 5.11. The van der Waals surface area contributed by atoms with E-state index in [2.05, 4.69) is 5.32 Å². The molecule has 1 aromatic heterocycles. The van der Waals surface area contributed by atoms with Crippen molar-refractivity contribution in [3.8, 4) is 0 Å². The fourth-order valence-corrected chi connectivity index (χ4v) is 5.49. The first-order valence-electron chi connectivity index (χ1n) is 12.3. The highest BCUT2D eigenvalue weighted by Gasteiger charge is 2.67. The number of nitrogens with one attached hydrogen (secondary N) is 1. The predicted octanol–water partition coefficient (Wildman–Crippen LogP) is 3.18. The summed E-state index contributed by atoms with van der Waals surface area (Å²) in [6.45, 7) is 0.0347. The van der Waals surface area contributed by atoms with Crippen molar-refractivity contribution >= 4 is 29.1 Å². The number of rotatable bonds is 10. The van der Waals surface area contributed by atoms with Crippen LogP contribution in [0, 0.1) is 0 Å². The molecule has 0 aliphatic carbocycles. The molecule has 39 heavy (non-hydrogen) atoms. The van der Waals surface area contributed by atoms with Gasteiger partial charge in [0.2, 0.25) is 5.91 Å². The molecule has 0 unspecified atom stereocenters. The normalized spacial score (nSPS) is 20.4. The van der Waals surface area contributed by atoms with Crippen LogP contribution in [-0.2, 0) is 39.8 Å². The number of ether oxygens (including phenoxy) is 4. The summed E-state index contributed by atoms with van der Waals surface area (Å²) < 4.78 is 22.8. The van der Waals surface area contributed by atoms with E-state index in [1.807, 2.05) is 78.2 Å². The van der Waals surface area contributed by atoms with E-state index < -0.39 is 35.8 Å². The van der Waals surface area contributed by atoms with Crippen molar-refractivity contribution in [3.05, 3.63) is 105 Å². The minimum absolute atomic E-state index is 0.0139. The molecule has 2 atom stereocenters. The van der Waals surface area contributed by atoms with E-state index in [0.717, 1.165) is 16.0 Å². The highest BCUT2D eigenvalue weighted by molar-refractivity contribution is 7.10. The minimum Gasteiger partial charge on any atom is -0.448 e.